The molecule has 5 bridgehead atoms. The number of phenolic OH excluding ortho intramolecular Hbond substituents is 1. The molecule has 0 saturated heterocycles. The smallest absolute Gasteiger partial charge is 0.312 e. The van der Waals surface area contributed by atoms with Crippen LogP contribution in [0.4, 0.5) is 0 Å². The maximum absolute atomic E-state index is 13.9. The van der Waals surface area contributed by atoms with Gasteiger partial charge < -0.3 is 49.8 Å². The fourth-order valence-electron chi connectivity index (χ4n) is 6.80. The second-order valence-electron chi connectivity index (χ2n) is 13.8. The number of amides is 1. The molecular formula is C37H47NO13. The van der Waals surface area contributed by atoms with E-state index in [1.54, 1.807) is 33.8 Å². The molecule has 6 N–H and O–H groups in total. The highest BCUT2D eigenvalue weighted by Crippen LogP contribution is 2.50. The number of aliphatic hydroxyl groups excluding tert-OH is 3. The zero-order chi connectivity index (χ0) is 38.3. The van der Waals surface area contributed by atoms with E-state index >= 15 is 0 Å². The molecule has 0 saturated carbocycles. The monoisotopic (exact) mass is 713 g/mol. The van der Waals surface area contributed by atoms with Gasteiger partial charge in [0, 0.05) is 67.4 Å². The molecule has 278 valence electrons. The first-order chi connectivity index (χ1) is 23.7. The molecule has 0 fully saturated rings. The van der Waals surface area contributed by atoms with Crippen molar-refractivity contribution in [2.75, 3.05) is 7.11 Å². The van der Waals surface area contributed by atoms with Crippen LogP contribution in [0.1, 0.15) is 80.3 Å². The van der Waals surface area contributed by atoms with Crippen LogP contribution >= 0.6 is 0 Å². The highest BCUT2D eigenvalue weighted by Gasteiger charge is 2.53. The highest BCUT2D eigenvalue weighted by molar-refractivity contribution is 6.19. The van der Waals surface area contributed by atoms with Crippen molar-refractivity contribution in [1.82, 2.24) is 5.32 Å². The van der Waals surface area contributed by atoms with Gasteiger partial charge in [-0.25, -0.2) is 0 Å². The summed E-state index contributed by atoms with van der Waals surface area (Å²) >= 11 is 0. The van der Waals surface area contributed by atoms with Crippen LogP contribution in [0.2, 0.25) is 0 Å². The van der Waals surface area contributed by atoms with Crippen molar-refractivity contribution in [2.24, 2.45) is 23.7 Å². The molecular weight excluding hydrogens is 666 g/mol. The summed E-state index contributed by atoms with van der Waals surface area (Å²) in [6, 6.07) is 0. The minimum Gasteiger partial charge on any atom is -0.507 e. The highest BCUT2D eigenvalue weighted by atomic mass is 16.7. The Bertz CT molecular complexity index is 1730. The van der Waals surface area contributed by atoms with Gasteiger partial charge in [0.15, 0.2) is 0 Å². The number of rotatable bonds is 2. The average Bonchev–Trinajstić information content (AvgIpc) is 3.33. The molecule has 1 aromatic carbocycles. The number of carbonyl (C=O) groups is 4. The Labute approximate surface area is 296 Å². The second-order valence-corrected chi connectivity index (χ2v) is 13.8. The van der Waals surface area contributed by atoms with E-state index in [1.807, 2.05) is 0 Å². The number of benzene rings is 1. The van der Waals surface area contributed by atoms with Gasteiger partial charge in [0.2, 0.25) is 17.4 Å². The summed E-state index contributed by atoms with van der Waals surface area (Å²) in [5, 5.41) is 58.3. The van der Waals surface area contributed by atoms with Crippen LogP contribution in [0, 0.1) is 30.6 Å². The molecule has 5 rings (SSSR count). The van der Waals surface area contributed by atoms with Gasteiger partial charge in [0.25, 0.3) is 5.78 Å². The first kappa shape index (κ1) is 39.3. The van der Waals surface area contributed by atoms with E-state index in [-0.39, 0.29) is 22.4 Å². The van der Waals surface area contributed by atoms with E-state index in [9.17, 15) is 44.7 Å². The maximum Gasteiger partial charge on any atom is 0.312 e. The molecule has 14 nitrogen and oxygen atoms in total. The molecule has 14 heteroatoms. The molecule has 1 amide bonds. The van der Waals surface area contributed by atoms with Crippen LogP contribution in [0.25, 0.3) is 5.76 Å². The second kappa shape index (κ2) is 14.6. The Balaban J connectivity index is 1.86. The molecule has 1 aromatic rings. The van der Waals surface area contributed by atoms with Gasteiger partial charge in [0.1, 0.15) is 23.4 Å². The predicted octanol–water partition coefficient (Wildman–Crippen LogP) is 3.15. The van der Waals surface area contributed by atoms with Gasteiger partial charge in [-0.15, -0.1) is 0 Å². The van der Waals surface area contributed by atoms with Gasteiger partial charge in [-0.2, -0.15) is 0 Å². The topological polar surface area (TPSA) is 218 Å². The lowest BCUT2D eigenvalue weighted by atomic mass is 9.78. The van der Waals surface area contributed by atoms with Crippen molar-refractivity contribution in [1.29, 1.82) is 0 Å². The van der Waals surface area contributed by atoms with Crippen LogP contribution in [-0.2, 0) is 23.8 Å². The van der Waals surface area contributed by atoms with E-state index in [4.69, 9.17) is 18.9 Å². The van der Waals surface area contributed by atoms with Gasteiger partial charge in [0.05, 0.1) is 35.7 Å². The number of hydrogen-bond acceptors (Lipinski definition) is 13. The number of methoxy groups -OCH3 is 1. The number of Topliss-reactive ketones (excluding diaryl/α,β-unsaturated/α-hetero) is 2. The number of aromatic hydroxyl groups is 1. The van der Waals surface area contributed by atoms with Crippen molar-refractivity contribution < 1.29 is 63.7 Å². The number of phenols is 1. The summed E-state index contributed by atoms with van der Waals surface area (Å²) in [4.78, 5) is 53.0. The third-order valence-electron chi connectivity index (χ3n) is 10.0. The lowest BCUT2D eigenvalue weighted by Gasteiger charge is -2.38. The number of aliphatic hydroxyl groups is 4. The van der Waals surface area contributed by atoms with E-state index in [1.165, 1.54) is 53.0 Å². The summed E-state index contributed by atoms with van der Waals surface area (Å²) in [6.07, 6.45) is 3.78. The molecule has 0 radical (unpaired) electrons. The number of allylic oxidation sites excluding steroid dienone is 2. The van der Waals surface area contributed by atoms with Gasteiger partial charge in [-0.1, -0.05) is 45.9 Å². The van der Waals surface area contributed by atoms with E-state index in [0.29, 0.717) is 6.08 Å². The summed E-state index contributed by atoms with van der Waals surface area (Å²) in [6.45, 7) is 12.1. The fraction of sp³-hybridized carbons (Fsp3) is 0.514. The molecule has 0 spiro atoms. The van der Waals surface area contributed by atoms with Crippen LogP contribution < -0.4 is 10.1 Å². The predicted molar refractivity (Wildman–Crippen MR) is 182 cm³/mol. The zero-order valence-corrected chi connectivity index (χ0v) is 30.1. The third-order valence-corrected chi connectivity index (χ3v) is 10.0. The SMILES string of the molecule is CO[C@H]1/C=C/O[C@@]2(C)Oc3c(C)c(O)c4c(c3C2=O)C(O)=CC(O)(NC(=O)/C(C)=C\C=C\[C@H](C)[C@H](O)[C@@H](C)[C@@H](O)[C@@H](C)[C@H](OC(C)=O)[C@@H]1C)C4=O. The first-order valence-electron chi connectivity index (χ1n) is 16.6. The van der Waals surface area contributed by atoms with Crippen molar-refractivity contribution in [3.63, 3.8) is 0 Å². The zero-order valence-electron chi connectivity index (χ0n) is 30.1. The average molecular weight is 714 g/mol. The molecule has 0 aromatic heterocycles. The fourth-order valence-corrected chi connectivity index (χ4v) is 6.80. The standard InChI is InChI=1S/C37H47NO13/c1-16-11-10-12-17(2)35(46)38-37(47)15-23(40)25-26(34(37)45)30(43)21(6)32-27(25)33(44)36(8,51-32)49-14-13-24(48-9)18(3)31(50-22(7)39)20(5)29(42)19(4)28(16)41/h10-16,18-20,24,28-29,31,40-43,47H,1-9H3,(H,38,46)/b11-10+,14-13+,17-12-/t16-,18+,19+,20+,24-,28-,29+,31+,36-,37?/m0/s1. The number of fused-ring (bicyclic) bond motifs is 13. The third kappa shape index (κ3) is 7.18. The summed E-state index contributed by atoms with van der Waals surface area (Å²) in [7, 11) is 1.41. The Morgan fingerprint density at radius 3 is 2.18 bits per heavy atom. The summed E-state index contributed by atoms with van der Waals surface area (Å²) in [5.41, 5.74) is -4.17. The molecule has 10 atom stereocenters. The molecule has 1 unspecified atom stereocenters. The van der Waals surface area contributed by atoms with Crippen LogP contribution in [-0.4, -0.2) is 92.0 Å². The number of ether oxygens (including phenoxy) is 4. The van der Waals surface area contributed by atoms with E-state index < -0.39 is 106 Å². The number of carbonyl (C=O) groups excluding carboxylic acids is 4. The Hall–Kier alpha value is -4.50. The molecule has 3 aliphatic heterocycles. The van der Waals surface area contributed by atoms with Crippen LogP contribution in [0.5, 0.6) is 11.5 Å². The Morgan fingerprint density at radius 2 is 1.57 bits per heavy atom. The van der Waals surface area contributed by atoms with Crippen molar-refractivity contribution >= 4 is 29.2 Å². The number of ketones is 2. The van der Waals surface area contributed by atoms with Crippen molar-refractivity contribution in [2.45, 2.75) is 91.3 Å². The minimum absolute atomic E-state index is 0.0221. The van der Waals surface area contributed by atoms with Gasteiger partial charge in [-0.05, 0) is 19.9 Å². The van der Waals surface area contributed by atoms with Gasteiger partial charge in [-0.3, -0.25) is 19.2 Å². The minimum atomic E-state index is -2.81. The molecule has 51 heavy (non-hydrogen) atoms. The largest absolute Gasteiger partial charge is 0.507 e. The Kier molecular flexibility index (Phi) is 11.3. The van der Waals surface area contributed by atoms with E-state index in [0.717, 1.165) is 6.26 Å². The number of nitrogens with one attached hydrogen (secondary N) is 1. The number of esters is 1. The summed E-state index contributed by atoms with van der Waals surface area (Å²) < 4.78 is 23.1. The molecule has 3 heterocycles. The van der Waals surface area contributed by atoms with Crippen molar-refractivity contribution in [3.8, 4) is 11.5 Å². The normalized spacial score (nSPS) is 36.9. The van der Waals surface area contributed by atoms with Crippen LogP contribution in [0.15, 0.2) is 42.2 Å². The first-order valence-corrected chi connectivity index (χ1v) is 16.6. The summed E-state index contributed by atoms with van der Waals surface area (Å²) in [5.74, 6) is -9.83. The maximum atomic E-state index is 13.9. The number of hydrogen-bond donors (Lipinski definition) is 6. The lowest BCUT2D eigenvalue weighted by molar-refractivity contribution is -0.160. The van der Waals surface area contributed by atoms with Gasteiger partial charge >= 0.3 is 11.8 Å². The molecule has 4 aliphatic rings. The lowest BCUT2D eigenvalue weighted by Crippen LogP contribution is -2.55. The Morgan fingerprint density at radius 1 is 0.922 bits per heavy atom. The quantitative estimate of drug-likeness (QED) is 0.243. The van der Waals surface area contributed by atoms with E-state index in [2.05, 4.69) is 5.32 Å². The van der Waals surface area contributed by atoms with Crippen LogP contribution in [0.3, 0.4) is 0 Å². The molecule has 1 aliphatic carbocycles. The van der Waals surface area contributed by atoms with Crippen molar-refractivity contribution in [3.05, 3.63) is 64.5 Å².